The maximum Gasteiger partial charge on any atom is 0.148 e. The molecule has 0 aromatic carbocycles. The highest BCUT2D eigenvalue weighted by Crippen LogP contribution is 2.09. The first-order chi connectivity index (χ1) is 7.95. The van der Waals surface area contributed by atoms with Gasteiger partial charge in [0.05, 0.1) is 5.75 Å². The van der Waals surface area contributed by atoms with E-state index in [0.29, 0.717) is 11.0 Å². The molecule has 0 heterocycles. The first-order valence-corrected chi connectivity index (χ1v) is 9.14. The van der Waals surface area contributed by atoms with Gasteiger partial charge < -0.3 is 10.1 Å². The van der Waals surface area contributed by atoms with Crippen molar-refractivity contribution in [2.45, 2.75) is 25.5 Å². The number of ether oxygens (including phenoxy) is 1. The zero-order chi connectivity index (χ0) is 13.1. The second kappa shape index (κ2) is 10.2. The molecule has 17 heavy (non-hydrogen) atoms. The van der Waals surface area contributed by atoms with E-state index in [1.165, 1.54) is 6.26 Å². The van der Waals surface area contributed by atoms with Crippen molar-refractivity contribution in [2.75, 3.05) is 44.1 Å². The highest BCUT2D eigenvalue weighted by atomic mass is 32.2. The van der Waals surface area contributed by atoms with Crippen LogP contribution < -0.4 is 5.32 Å². The Hall–Kier alpha value is 0.220. The van der Waals surface area contributed by atoms with Crippen LogP contribution in [0.15, 0.2) is 0 Å². The summed E-state index contributed by atoms with van der Waals surface area (Å²) < 4.78 is 27.1. The maximum absolute atomic E-state index is 10.9. The molecular weight excluding hydrogens is 258 g/mol. The molecule has 0 spiro atoms. The van der Waals surface area contributed by atoms with Crippen LogP contribution >= 0.6 is 11.8 Å². The molecular formula is C11H25NO3S2. The Morgan fingerprint density at radius 3 is 2.71 bits per heavy atom. The molecule has 0 aromatic rings. The first-order valence-electron chi connectivity index (χ1n) is 6.03. The van der Waals surface area contributed by atoms with Gasteiger partial charge in [0.2, 0.25) is 0 Å². The Balaban J connectivity index is 3.32. The van der Waals surface area contributed by atoms with Crippen molar-refractivity contribution >= 4 is 21.6 Å². The van der Waals surface area contributed by atoms with E-state index in [2.05, 4.69) is 12.2 Å². The monoisotopic (exact) mass is 283 g/mol. The summed E-state index contributed by atoms with van der Waals surface area (Å²) in [6, 6.07) is 0. The SMILES string of the molecule is CCOCCCNCC(C)SCCS(C)(=O)=O. The minimum atomic E-state index is -2.81. The summed E-state index contributed by atoms with van der Waals surface area (Å²) in [6.45, 7) is 7.56. The van der Waals surface area contributed by atoms with E-state index in [4.69, 9.17) is 4.74 Å². The normalized spacial score (nSPS) is 13.8. The van der Waals surface area contributed by atoms with Crippen molar-refractivity contribution < 1.29 is 13.2 Å². The summed E-state index contributed by atoms with van der Waals surface area (Å²) in [5.41, 5.74) is 0. The summed E-state index contributed by atoms with van der Waals surface area (Å²) in [5.74, 6) is 0.951. The predicted octanol–water partition coefficient (Wildman–Crippen LogP) is 1.17. The first kappa shape index (κ1) is 17.2. The van der Waals surface area contributed by atoms with Gasteiger partial charge in [0.25, 0.3) is 0 Å². The van der Waals surface area contributed by atoms with Gasteiger partial charge in [-0.25, -0.2) is 8.42 Å². The van der Waals surface area contributed by atoms with Crippen molar-refractivity contribution in [1.29, 1.82) is 0 Å². The smallest absolute Gasteiger partial charge is 0.148 e. The largest absolute Gasteiger partial charge is 0.382 e. The van der Waals surface area contributed by atoms with Crippen LogP contribution in [-0.2, 0) is 14.6 Å². The fourth-order valence-corrected chi connectivity index (χ4v) is 3.44. The van der Waals surface area contributed by atoms with Gasteiger partial charge in [0.1, 0.15) is 9.84 Å². The van der Waals surface area contributed by atoms with E-state index < -0.39 is 9.84 Å². The van der Waals surface area contributed by atoms with Crippen LogP contribution in [0, 0.1) is 0 Å². The van der Waals surface area contributed by atoms with Gasteiger partial charge in [-0.3, -0.25) is 0 Å². The van der Waals surface area contributed by atoms with Crippen LogP contribution in [0.5, 0.6) is 0 Å². The van der Waals surface area contributed by atoms with E-state index in [1.54, 1.807) is 11.8 Å². The fourth-order valence-electron chi connectivity index (χ4n) is 1.21. The second-order valence-electron chi connectivity index (χ2n) is 4.07. The quantitative estimate of drug-likeness (QED) is 0.577. The average Bonchev–Trinajstić information content (AvgIpc) is 2.21. The summed E-state index contributed by atoms with van der Waals surface area (Å²) >= 11 is 1.70. The van der Waals surface area contributed by atoms with Crippen molar-refractivity contribution in [3.8, 4) is 0 Å². The van der Waals surface area contributed by atoms with Crippen LogP contribution in [-0.4, -0.2) is 57.7 Å². The van der Waals surface area contributed by atoms with E-state index in [1.807, 2.05) is 6.92 Å². The summed E-state index contributed by atoms with van der Waals surface area (Å²) in [5, 5.41) is 3.79. The molecule has 104 valence electrons. The third kappa shape index (κ3) is 14.2. The number of hydrogen-bond donors (Lipinski definition) is 1. The van der Waals surface area contributed by atoms with Gasteiger partial charge in [0, 0.05) is 37.0 Å². The van der Waals surface area contributed by atoms with Crippen LogP contribution in [0.25, 0.3) is 0 Å². The molecule has 4 nitrogen and oxygen atoms in total. The second-order valence-corrected chi connectivity index (χ2v) is 7.87. The van der Waals surface area contributed by atoms with Crippen molar-refractivity contribution in [1.82, 2.24) is 5.32 Å². The molecule has 0 fully saturated rings. The highest BCUT2D eigenvalue weighted by Gasteiger charge is 2.05. The molecule has 0 aromatic heterocycles. The fraction of sp³-hybridized carbons (Fsp3) is 1.00. The maximum atomic E-state index is 10.9. The van der Waals surface area contributed by atoms with Gasteiger partial charge in [-0.15, -0.1) is 0 Å². The minimum absolute atomic E-state index is 0.270. The van der Waals surface area contributed by atoms with E-state index in [-0.39, 0.29) is 5.75 Å². The third-order valence-electron chi connectivity index (χ3n) is 2.13. The summed E-state index contributed by atoms with van der Waals surface area (Å²) in [7, 11) is -2.81. The zero-order valence-corrected chi connectivity index (χ0v) is 12.7. The van der Waals surface area contributed by atoms with Crippen LogP contribution in [0.3, 0.4) is 0 Å². The lowest BCUT2D eigenvalue weighted by atomic mass is 10.4. The molecule has 0 amide bonds. The van der Waals surface area contributed by atoms with E-state index >= 15 is 0 Å². The van der Waals surface area contributed by atoms with Crippen LogP contribution in [0.1, 0.15) is 20.3 Å². The Morgan fingerprint density at radius 2 is 2.12 bits per heavy atom. The van der Waals surface area contributed by atoms with Gasteiger partial charge in [-0.1, -0.05) is 6.92 Å². The predicted molar refractivity (Wildman–Crippen MR) is 75.6 cm³/mol. The van der Waals surface area contributed by atoms with Crippen molar-refractivity contribution in [3.63, 3.8) is 0 Å². The lowest BCUT2D eigenvalue weighted by molar-refractivity contribution is 0.145. The van der Waals surface area contributed by atoms with Gasteiger partial charge in [-0.2, -0.15) is 11.8 Å². The Morgan fingerprint density at radius 1 is 1.41 bits per heavy atom. The molecule has 0 saturated carbocycles. The third-order valence-corrected chi connectivity index (χ3v) is 4.51. The molecule has 0 bridgehead atoms. The number of hydrogen-bond acceptors (Lipinski definition) is 5. The number of rotatable bonds is 11. The highest BCUT2D eigenvalue weighted by molar-refractivity contribution is 8.01. The van der Waals surface area contributed by atoms with E-state index in [9.17, 15) is 8.42 Å². The Labute approximate surface area is 110 Å². The van der Waals surface area contributed by atoms with Gasteiger partial charge in [0.15, 0.2) is 0 Å². The van der Waals surface area contributed by atoms with Gasteiger partial charge in [-0.05, 0) is 19.9 Å². The van der Waals surface area contributed by atoms with Crippen molar-refractivity contribution in [2.24, 2.45) is 0 Å². The molecule has 0 rings (SSSR count). The molecule has 0 saturated heterocycles. The molecule has 0 aliphatic rings. The number of thioether (sulfide) groups is 1. The molecule has 0 radical (unpaired) electrons. The van der Waals surface area contributed by atoms with Crippen LogP contribution in [0.4, 0.5) is 0 Å². The minimum Gasteiger partial charge on any atom is -0.382 e. The summed E-state index contributed by atoms with van der Waals surface area (Å²) in [4.78, 5) is 0. The molecule has 1 atom stereocenters. The zero-order valence-electron chi connectivity index (χ0n) is 11.1. The standard InChI is InChI=1S/C11H25NO3S2/c1-4-15-7-5-6-12-10-11(2)16-8-9-17(3,13)14/h11-12H,4-10H2,1-3H3. The van der Waals surface area contributed by atoms with Crippen LogP contribution in [0.2, 0.25) is 0 Å². The summed E-state index contributed by atoms with van der Waals surface area (Å²) in [6.07, 6.45) is 2.30. The van der Waals surface area contributed by atoms with Crippen molar-refractivity contribution in [3.05, 3.63) is 0 Å². The number of sulfone groups is 1. The average molecular weight is 283 g/mol. The Kier molecular flexibility index (Phi) is 10.3. The van der Waals surface area contributed by atoms with Gasteiger partial charge >= 0.3 is 0 Å². The molecule has 1 N–H and O–H groups in total. The lowest BCUT2D eigenvalue weighted by Gasteiger charge is -2.12. The molecule has 0 aliphatic heterocycles. The molecule has 1 unspecified atom stereocenters. The number of nitrogens with one attached hydrogen (secondary N) is 1. The molecule has 6 heteroatoms. The lowest BCUT2D eigenvalue weighted by Crippen LogP contribution is -2.25. The Bertz CT molecular complexity index is 268. The topological polar surface area (TPSA) is 55.4 Å². The van der Waals surface area contributed by atoms with E-state index in [0.717, 1.165) is 32.7 Å². The molecule has 0 aliphatic carbocycles.